The number of hydrogen-bond donors (Lipinski definition) is 2. The van der Waals surface area contributed by atoms with E-state index in [0.717, 1.165) is 4.57 Å². The third-order valence-corrected chi connectivity index (χ3v) is 4.13. The van der Waals surface area contributed by atoms with Crippen molar-refractivity contribution in [2.75, 3.05) is 5.32 Å². The number of anilines is 1. The maximum absolute atomic E-state index is 12.2. The molecule has 0 radical (unpaired) electrons. The van der Waals surface area contributed by atoms with Gasteiger partial charge in [0.25, 0.3) is 0 Å². The van der Waals surface area contributed by atoms with Gasteiger partial charge in [-0.25, -0.2) is 0 Å². The van der Waals surface area contributed by atoms with E-state index < -0.39 is 17.0 Å². The van der Waals surface area contributed by atoms with Crippen LogP contribution in [0.1, 0.15) is 0 Å². The summed E-state index contributed by atoms with van der Waals surface area (Å²) in [5.74, 6) is -0.466. The van der Waals surface area contributed by atoms with Crippen molar-refractivity contribution in [1.82, 2.24) is 9.55 Å². The summed E-state index contributed by atoms with van der Waals surface area (Å²) in [4.78, 5) is 38.5. The number of benzene rings is 2. The molecule has 0 unspecified atom stereocenters. The fraction of sp³-hybridized carbons (Fsp3) is 0.0625. The number of nitrogens with zero attached hydrogens (tertiary/aromatic N) is 1. The van der Waals surface area contributed by atoms with Crippen LogP contribution in [0.15, 0.2) is 52.1 Å². The minimum atomic E-state index is -0.794. The van der Waals surface area contributed by atoms with Gasteiger partial charge >= 0.3 is 11.1 Å². The summed E-state index contributed by atoms with van der Waals surface area (Å²) < 4.78 is 1.13. The van der Waals surface area contributed by atoms with E-state index in [4.69, 9.17) is 23.2 Å². The summed E-state index contributed by atoms with van der Waals surface area (Å²) in [6, 6.07) is 11.4. The number of aromatic nitrogens is 2. The van der Waals surface area contributed by atoms with Crippen LogP contribution in [-0.4, -0.2) is 15.5 Å². The lowest BCUT2D eigenvalue weighted by atomic mass is 10.3. The van der Waals surface area contributed by atoms with Crippen molar-refractivity contribution in [3.05, 3.63) is 73.2 Å². The molecule has 0 fully saturated rings. The number of halogens is 2. The van der Waals surface area contributed by atoms with E-state index in [-0.39, 0.29) is 6.54 Å². The van der Waals surface area contributed by atoms with Crippen molar-refractivity contribution in [1.29, 1.82) is 0 Å². The Bertz CT molecular complexity index is 1060. The van der Waals surface area contributed by atoms with E-state index in [1.807, 2.05) is 0 Å². The number of carbonyl (C=O) groups is 1. The van der Waals surface area contributed by atoms with Gasteiger partial charge in [0.1, 0.15) is 6.54 Å². The smallest absolute Gasteiger partial charge is 0.317 e. The van der Waals surface area contributed by atoms with E-state index in [0.29, 0.717) is 26.8 Å². The molecular weight excluding hydrogens is 353 g/mol. The van der Waals surface area contributed by atoms with Crippen LogP contribution in [0.2, 0.25) is 10.0 Å². The fourth-order valence-corrected chi connectivity index (χ4v) is 2.60. The highest BCUT2D eigenvalue weighted by molar-refractivity contribution is 6.42. The third kappa shape index (κ3) is 3.20. The van der Waals surface area contributed by atoms with Crippen LogP contribution in [0, 0.1) is 0 Å². The van der Waals surface area contributed by atoms with Gasteiger partial charge in [-0.1, -0.05) is 35.3 Å². The molecule has 2 N–H and O–H groups in total. The Morgan fingerprint density at radius 1 is 1.08 bits per heavy atom. The average molecular weight is 364 g/mol. The molecule has 1 heterocycles. The SMILES string of the molecule is O=C(Cn1c(=O)c(=O)[nH]c2ccccc21)Nc1ccc(Cl)c(Cl)c1. The fourth-order valence-electron chi connectivity index (χ4n) is 2.30. The molecule has 0 atom stereocenters. The molecule has 0 aliphatic heterocycles. The second-order valence-electron chi connectivity index (χ2n) is 5.04. The first-order valence-corrected chi connectivity index (χ1v) is 7.68. The molecule has 0 aliphatic rings. The van der Waals surface area contributed by atoms with E-state index in [1.54, 1.807) is 36.4 Å². The molecule has 0 aliphatic carbocycles. The van der Waals surface area contributed by atoms with Gasteiger partial charge in [0.05, 0.1) is 21.1 Å². The Morgan fingerprint density at radius 2 is 1.83 bits per heavy atom. The van der Waals surface area contributed by atoms with Crippen molar-refractivity contribution in [2.24, 2.45) is 0 Å². The molecule has 0 bridgehead atoms. The van der Waals surface area contributed by atoms with Gasteiger partial charge in [0, 0.05) is 5.69 Å². The average Bonchev–Trinajstić information content (AvgIpc) is 2.55. The molecule has 0 saturated heterocycles. The van der Waals surface area contributed by atoms with Crippen molar-refractivity contribution in [3.63, 3.8) is 0 Å². The number of aromatic amines is 1. The molecule has 1 aromatic heterocycles. The second kappa shape index (κ2) is 6.51. The number of fused-ring (bicyclic) bond motifs is 1. The van der Waals surface area contributed by atoms with Crippen molar-refractivity contribution < 1.29 is 4.79 Å². The van der Waals surface area contributed by atoms with Crippen LogP contribution in [0.25, 0.3) is 11.0 Å². The number of amides is 1. The predicted octanol–water partition coefficient (Wildman–Crippen LogP) is 2.64. The normalized spacial score (nSPS) is 10.8. The zero-order valence-electron chi connectivity index (χ0n) is 12.2. The van der Waals surface area contributed by atoms with Crippen molar-refractivity contribution >= 4 is 45.8 Å². The number of nitrogens with one attached hydrogen (secondary N) is 2. The topological polar surface area (TPSA) is 84.0 Å². The maximum atomic E-state index is 12.2. The monoisotopic (exact) mass is 363 g/mol. The van der Waals surface area contributed by atoms with E-state index in [2.05, 4.69) is 10.3 Å². The molecule has 24 heavy (non-hydrogen) atoms. The van der Waals surface area contributed by atoms with E-state index in [1.165, 1.54) is 6.07 Å². The zero-order valence-corrected chi connectivity index (χ0v) is 13.7. The lowest BCUT2D eigenvalue weighted by Gasteiger charge is -2.10. The number of para-hydroxylation sites is 2. The van der Waals surface area contributed by atoms with Gasteiger partial charge < -0.3 is 10.3 Å². The van der Waals surface area contributed by atoms with Crippen LogP contribution in [-0.2, 0) is 11.3 Å². The Labute approximate surface area is 145 Å². The van der Waals surface area contributed by atoms with Gasteiger partial charge in [0.15, 0.2) is 0 Å². The molecular formula is C16H11Cl2N3O3. The second-order valence-corrected chi connectivity index (χ2v) is 5.85. The molecule has 3 rings (SSSR count). The molecule has 2 aromatic carbocycles. The third-order valence-electron chi connectivity index (χ3n) is 3.39. The highest BCUT2D eigenvalue weighted by atomic mass is 35.5. The first kappa shape index (κ1) is 16.3. The van der Waals surface area contributed by atoms with E-state index in [9.17, 15) is 14.4 Å². The Hall–Kier alpha value is -2.57. The maximum Gasteiger partial charge on any atom is 0.317 e. The minimum absolute atomic E-state index is 0.299. The molecule has 8 heteroatoms. The standard InChI is InChI=1S/C16H11Cl2N3O3/c17-10-6-5-9(7-11(10)18)19-14(22)8-21-13-4-2-1-3-12(13)20-15(23)16(21)24/h1-7H,8H2,(H,19,22)(H,20,23). The summed E-state index contributed by atoms with van der Waals surface area (Å²) in [6.45, 7) is -0.302. The van der Waals surface area contributed by atoms with Crippen LogP contribution in [0.3, 0.4) is 0 Å². The van der Waals surface area contributed by atoms with Gasteiger partial charge in [-0.2, -0.15) is 0 Å². The van der Waals surface area contributed by atoms with E-state index >= 15 is 0 Å². The van der Waals surface area contributed by atoms with Crippen LogP contribution in [0.5, 0.6) is 0 Å². The first-order chi connectivity index (χ1) is 11.5. The quantitative estimate of drug-likeness (QED) is 0.701. The van der Waals surface area contributed by atoms with Crippen LogP contribution >= 0.6 is 23.2 Å². The summed E-state index contributed by atoms with van der Waals surface area (Å²) in [6.07, 6.45) is 0. The summed E-state index contributed by atoms with van der Waals surface area (Å²) in [5.41, 5.74) is -0.193. The molecule has 122 valence electrons. The largest absolute Gasteiger partial charge is 0.324 e. The highest BCUT2D eigenvalue weighted by Gasteiger charge is 2.11. The molecule has 0 spiro atoms. The Morgan fingerprint density at radius 3 is 2.58 bits per heavy atom. The number of hydrogen-bond acceptors (Lipinski definition) is 3. The van der Waals surface area contributed by atoms with Gasteiger partial charge in [-0.15, -0.1) is 0 Å². The number of H-pyrrole nitrogens is 1. The zero-order chi connectivity index (χ0) is 17.3. The van der Waals surface area contributed by atoms with Crippen LogP contribution in [0.4, 0.5) is 5.69 Å². The van der Waals surface area contributed by atoms with Crippen molar-refractivity contribution in [2.45, 2.75) is 6.54 Å². The van der Waals surface area contributed by atoms with Gasteiger partial charge in [0.2, 0.25) is 5.91 Å². The molecule has 3 aromatic rings. The summed E-state index contributed by atoms with van der Waals surface area (Å²) in [7, 11) is 0. The number of rotatable bonds is 3. The summed E-state index contributed by atoms with van der Waals surface area (Å²) in [5, 5.41) is 3.28. The Kier molecular flexibility index (Phi) is 4.42. The lowest BCUT2D eigenvalue weighted by molar-refractivity contribution is -0.116. The number of carbonyl (C=O) groups excluding carboxylic acids is 1. The Balaban J connectivity index is 1.93. The molecule has 6 nitrogen and oxygen atoms in total. The van der Waals surface area contributed by atoms with Crippen LogP contribution < -0.4 is 16.4 Å². The first-order valence-electron chi connectivity index (χ1n) is 6.92. The highest BCUT2D eigenvalue weighted by Crippen LogP contribution is 2.25. The minimum Gasteiger partial charge on any atom is -0.324 e. The predicted molar refractivity (Wildman–Crippen MR) is 93.9 cm³/mol. The van der Waals surface area contributed by atoms with Gasteiger partial charge in [-0.3, -0.25) is 19.0 Å². The van der Waals surface area contributed by atoms with Crippen molar-refractivity contribution in [3.8, 4) is 0 Å². The molecule has 0 saturated carbocycles. The van der Waals surface area contributed by atoms with Gasteiger partial charge in [-0.05, 0) is 30.3 Å². The molecule has 1 amide bonds. The summed E-state index contributed by atoms with van der Waals surface area (Å²) >= 11 is 11.7. The lowest BCUT2D eigenvalue weighted by Crippen LogP contribution is -2.38.